The second-order valence-corrected chi connectivity index (χ2v) is 14.2. The Morgan fingerprint density at radius 3 is 2.47 bits per heavy atom. The zero-order valence-electron chi connectivity index (χ0n) is 24.5. The van der Waals surface area contributed by atoms with Crippen LogP contribution in [0.4, 0.5) is 10.5 Å². The van der Waals surface area contributed by atoms with Gasteiger partial charge in [-0.25, -0.2) is 4.79 Å². The third-order valence-electron chi connectivity index (χ3n) is 12.3. The van der Waals surface area contributed by atoms with Gasteiger partial charge in [0, 0.05) is 5.69 Å². The highest BCUT2D eigenvalue weighted by Gasteiger charge is 2.60. The topological polar surface area (TPSA) is 58.6 Å². The van der Waals surface area contributed by atoms with E-state index >= 15 is 0 Å². The first kappa shape index (κ1) is 27.8. The number of anilines is 1. The summed E-state index contributed by atoms with van der Waals surface area (Å²) in [6.45, 7) is 10.2. The maximum atomic E-state index is 12.6. The number of ether oxygens (including phenoxy) is 1. The van der Waals surface area contributed by atoms with Crippen LogP contribution in [-0.2, 0) is 4.74 Å². The number of hydrogen-bond acceptors (Lipinski definition) is 3. The lowest BCUT2D eigenvalue weighted by Crippen LogP contribution is -2.54. The zero-order valence-corrected chi connectivity index (χ0v) is 24.5. The van der Waals surface area contributed by atoms with Crippen LogP contribution in [0.2, 0.25) is 0 Å². The van der Waals surface area contributed by atoms with Gasteiger partial charge in [-0.1, -0.05) is 59.8 Å². The predicted molar refractivity (Wildman–Crippen MR) is 155 cm³/mol. The summed E-state index contributed by atoms with van der Waals surface area (Å²) >= 11 is 0. The third kappa shape index (κ3) is 5.35. The number of nitrogens with one attached hydrogen (secondary N) is 1. The van der Waals surface area contributed by atoms with Crippen molar-refractivity contribution in [2.75, 3.05) is 5.32 Å². The molecule has 1 amide bonds. The molecule has 4 heteroatoms. The van der Waals surface area contributed by atoms with Crippen LogP contribution in [0.15, 0.2) is 24.3 Å². The summed E-state index contributed by atoms with van der Waals surface area (Å²) in [6, 6.07) is 6.56. The van der Waals surface area contributed by atoms with Gasteiger partial charge in [0.15, 0.2) is 0 Å². The largest absolute Gasteiger partial charge is 0.508 e. The molecule has 2 N–H and O–H groups in total. The second-order valence-electron chi connectivity index (χ2n) is 14.2. The number of rotatable bonds is 8. The molecule has 4 aliphatic carbocycles. The molecule has 0 spiro atoms. The minimum Gasteiger partial charge on any atom is -0.508 e. The number of benzene rings is 1. The average molecular weight is 524 g/mol. The summed E-state index contributed by atoms with van der Waals surface area (Å²) in [4.78, 5) is 12.6. The molecule has 4 saturated carbocycles. The molecule has 0 aromatic heterocycles. The molecule has 0 bridgehead atoms. The van der Waals surface area contributed by atoms with Gasteiger partial charge < -0.3 is 9.84 Å². The average Bonchev–Trinajstić information content (AvgIpc) is 3.25. The van der Waals surface area contributed by atoms with E-state index < -0.39 is 0 Å². The summed E-state index contributed by atoms with van der Waals surface area (Å²) in [6.07, 6.45) is 18.3. The molecule has 1 aromatic rings. The van der Waals surface area contributed by atoms with Crippen LogP contribution in [-0.4, -0.2) is 17.3 Å². The molecule has 0 radical (unpaired) electrons. The van der Waals surface area contributed by atoms with Gasteiger partial charge >= 0.3 is 6.09 Å². The number of phenolic OH excluding ortho intramolecular Hbond substituents is 1. The fourth-order valence-electron chi connectivity index (χ4n) is 10.2. The zero-order chi connectivity index (χ0) is 26.9. The summed E-state index contributed by atoms with van der Waals surface area (Å²) in [5.41, 5.74) is 1.62. The van der Waals surface area contributed by atoms with Crippen LogP contribution in [0.25, 0.3) is 0 Å². The van der Waals surface area contributed by atoms with Crippen molar-refractivity contribution < 1.29 is 14.6 Å². The summed E-state index contributed by atoms with van der Waals surface area (Å²) in [7, 11) is 0. The molecule has 4 fully saturated rings. The van der Waals surface area contributed by atoms with Gasteiger partial charge in [0.25, 0.3) is 0 Å². The van der Waals surface area contributed by atoms with Crippen LogP contribution in [0.1, 0.15) is 118 Å². The van der Waals surface area contributed by atoms with Crippen LogP contribution in [0.3, 0.4) is 0 Å². The third-order valence-corrected chi connectivity index (χ3v) is 12.3. The predicted octanol–water partition coefficient (Wildman–Crippen LogP) is 9.57. The summed E-state index contributed by atoms with van der Waals surface area (Å²) < 4.78 is 5.92. The lowest BCUT2D eigenvalue weighted by atomic mass is 9.44. The molecule has 0 aliphatic heterocycles. The van der Waals surface area contributed by atoms with Crippen molar-refractivity contribution in [3.05, 3.63) is 24.3 Å². The van der Waals surface area contributed by atoms with E-state index in [0.717, 1.165) is 42.4 Å². The van der Waals surface area contributed by atoms with Crippen LogP contribution in [0, 0.1) is 46.3 Å². The van der Waals surface area contributed by atoms with Crippen LogP contribution >= 0.6 is 0 Å². The lowest BCUT2D eigenvalue weighted by molar-refractivity contribution is -0.129. The van der Waals surface area contributed by atoms with E-state index in [4.69, 9.17) is 4.74 Å². The molecule has 1 aromatic carbocycles. The molecule has 4 aliphatic rings. The fraction of sp³-hybridized carbons (Fsp3) is 0.794. The summed E-state index contributed by atoms with van der Waals surface area (Å²) in [5.74, 6) is 5.35. The Morgan fingerprint density at radius 1 is 0.974 bits per heavy atom. The highest BCUT2D eigenvalue weighted by atomic mass is 16.6. The normalized spacial score (nSPS) is 38.9. The van der Waals surface area contributed by atoms with Crippen molar-refractivity contribution in [1.29, 1.82) is 0 Å². The number of carbonyl (C=O) groups excluding carboxylic acids is 1. The maximum Gasteiger partial charge on any atom is 0.411 e. The van der Waals surface area contributed by atoms with Crippen molar-refractivity contribution >= 4 is 11.8 Å². The number of amides is 1. The monoisotopic (exact) mass is 523 g/mol. The van der Waals surface area contributed by atoms with Crippen LogP contribution < -0.4 is 5.32 Å². The molecule has 4 nitrogen and oxygen atoms in total. The Hall–Kier alpha value is -1.71. The molecule has 5 rings (SSSR count). The van der Waals surface area contributed by atoms with Crippen molar-refractivity contribution in [3.63, 3.8) is 0 Å². The quantitative estimate of drug-likeness (QED) is 0.263. The number of carbonyl (C=O) groups is 1. The van der Waals surface area contributed by atoms with Gasteiger partial charge in [-0.3, -0.25) is 5.32 Å². The number of hydrogen-bond donors (Lipinski definition) is 2. The van der Waals surface area contributed by atoms with Crippen molar-refractivity contribution in [2.24, 2.45) is 46.3 Å². The molecule has 0 saturated heterocycles. The van der Waals surface area contributed by atoms with Crippen molar-refractivity contribution in [3.8, 4) is 5.75 Å². The van der Waals surface area contributed by atoms with E-state index in [9.17, 15) is 9.90 Å². The van der Waals surface area contributed by atoms with E-state index in [1.165, 1.54) is 77.0 Å². The highest BCUT2D eigenvalue weighted by Crippen LogP contribution is 2.68. The van der Waals surface area contributed by atoms with Gasteiger partial charge in [-0.2, -0.15) is 0 Å². The minimum atomic E-state index is -0.368. The fourth-order valence-corrected chi connectivity index (χ4v) is 10.2. The van der Waals surface area contributed by atoms with E-state index in [1.54, 1.807) is 24.3 Å². The van der Waals surface area contributed by atoms with Gasteiger partial charge in [-0.15, -0.1) is 0 Å². The van der Waals surface area contributed by atoms with E-state index in [2.05, 4.69) is 33.0 Å². The SMILES string of the molecule is CCCCCCC(C)[C@H]1CCC2C3CCC4CC(OC(=O)Nc5ccc(O)cc5)CC[C@]4(C)C3CC[C@@]21C. The van der Waals surface area contributed by atoms with Crippen molar-refractivity contribution in [2.45, 2.75) is 124 Å². The number of aromatic hydroxyl groups is 1. The van der Waals surface area contributed by atoms with Gasteiger partial charge in [0.1, 0.15) is 11.9 Å². The first-order chi connectivity index (χ1) is 18.2. The smallest absolute Gasteiger partial charge is 0.411 e. The number of fused-ring (bicyclic) bond motifs is 5. The highest BCUT2D eigenvalue weighted by molar-refractivity contribution is 5.84. The Labute approximate surface area is 231 Å². The van der Waals surface area contributed by atoms with E-state index in [1.807, 2.05) is 0 Å². The second kappa shape index (κ2) is 11.4. The van der Waals surface area contributed by atoms with E-state index in [-0.39, 0.29) is 17.9 Å². The standard InChI is InChI=1S/C34H53NO3/c1-5-6-7-8-9-23(2)29-16-17-30-28-15-10-24-22-27(38-32(37)35-25-11-13-26(36)14-12-25)18-20-33(24,3)31(28)19-21-34(29,30)4/h11-14,23-24,27-31,36H,5-10,15-22H2,1-4H3,(H,35,37)/t23?,24?,27?,28?,29-,30?,31?,33+,34-/m1/s1. The molecular weight excluding hydrogens is 470 g/mol. The van der Waals surface area contributed by atoms with Crippen molar-refractivity contribution in [1.82, 2.24) is 0 Å². The lowest BCUT2D eigenvalue weighted by Gasteiger charge is -2.61. The maximum absolute atomic E-state index is 12.6. The minimum absolute atomic E-state index is 0.0139. The Kier molecular flexibility index (Phi) is 8.36. The number of phenols is 1. The Balaban J connectivity index is 1.18. The molecule has 38 heavy (non-hydrogen) atoms. The summed E-state index contributed by atoms with van der Waals surface area (Å²) in [5, 5.41) is 12.3. The van der Waals surface area contributed by atoms with Gasteiger partial charge in [0.2, 0.25) is 0 Å². The van der Waals surface area contributed by atoms with E-state index in [0.29, 0.717) is 22.4 Å². The molecule has 6 unspecified atom stereocenters. The Bertz CT molecular complexity index is 946. The van der Waals surface area contributed by atoms with Gasteiger partial charge in [0.05, 0.1) is 0 Å². The Morgan fingerprint density at radius 2 is 1.71 bits per heavy atom. The molecule has 212 valence electrons. The first-order valence-corrected chi connectivity index (χ1v) is 16.0. The number of unbranched alkanes of at least 4 members (excludes halogenated alkanes) is 3. The van der Waals surface area contributed by atoms with Crippen LogP contribution in [0.5, 0.6) is 5.75 Å². The molecule has 9 atom stereocenters. The molecular formula is C34H53NO3. The first-order valence-electron chi connectivity index (χ1n) is 16.0. The molecule has 0 heterocycles. The van der Waals surface area contributed by atoms with Gasteiger partial charge in [-0.05, 0) is 128 Å².